The maximum atomic E-state index is 5.83. The Kier molecular flexibility index (Phi) is 1.90. The van der Waals surface area contributed by atoms with Gasteiger partial charge in [0, 0.05) is 6.54 Å². The molecule has 13 heavy (non-hydrogen) atoms. The van der Waals surface area contributed by atoms with E-state index in [1.54, 1.807) is 0 Å². The Bertz CT molecular complexity index is 418. The molecule has 2 heterocycles. The van der Waals surface area contributed by atoms with Crippen LogP contribution < -0.4 is 11.1 Å². The second-order valence-corrected chi connectivity index (χ2v) is 2.92. The molecule has 0 bridgehead atoms. The van der Waals surface area contributed by atoms with Crippen LogP contribution in [0.15, 0.2) is 24.4 Å². The molecule has 0 aliphatic rings. The summed E-state index contributed by atoms with van der Waals surface area (Å²) in [6, 6.07) is 5.71. The summed E-state index contributed by atoms with van der Waals surface area (Å²) in [5, 5.41) is 3.07. The molecule has 2 rings (SSSR count). The van der Waals surface area contributed by atoms with E-state index in [0.717, 1.165) is 23.7 Å². The maximum Gasteiger partial charge on any atom is 0.138 e. The minimum absolute atomic E-state index is 0.722. The van der Waals surface area contributed by atoms with Crippen LogP contribution in [0.25, 0.3) is 5.65 Å². The van der Waals surface area contributed by atoms with E-state index in [2.05, 4.69) is 10.3 Å². The Morgan fingerprint density at radius 3 is 3.15 bits per heavy atom. The molecule has 2 aromatic rings. The standard InChI is InChI=1S/C9H12N4/c1-11-5-7-6-12-9-4-2-3-8(10)13(7)9/h2-4,6,11H,5,10H2,1H3. The van der Waals surface area contributed by atoms with Crippen molar-refractivity contribution in [3.05, 3.63) is 30.1 Å². The van der Waals surface area contributed by atoms with Crippen LogP contribution in [-0.4, -0.2) is 16.4 Å². The van der Waals surface area contributed by atoms with E-state index in [9.17, 15) is 0 Å². The number of nitrogens with zero attached hydrogens (tertiary/aromatic N) is 2. The predicted octanol–water partition coefficient (Wildman–Crippen LogP) is 0.636. The zero-order chi connectivity index (χ0) is 9.26. The van der Waals surface area contributed by atoms with E-state index in [-0.39, 0.29) is 0 Å². The lowest BCUT2D eigenvalue weighted by Gasteiger charge is -2.03. The van der Waals surface area contributed by atoms with Crippen molar-refractivity contribution in [3.8, 4) is 0 Å². The van der Waals surface area contributed by atoms with E-state index in [4.69, 9.17) is 5.73 Å². The molecular weight excluding hydrogens is 164 g/mol. The second kappa shape index (κ2) is 3.06. The smallest absolute Gasteiger partial charge is 0.138 e. The summed E-state index contributed by atoms with van der Waals surface area (Å²) < 4.78 is 1.94. The number of hydrogen-bond acceptors (Lipinski definition) is 3. The molecule has 4 heteroatoms. The van der Waals surface area contributed by atoms with Crippen LogP contribution in [-0.2, 0) is 6.54 Å². The summed E-state index contributed by atoms with van der Waals surface area (Å²) in [5.74, 6) is 0.722. The van der Waals surface area contributed by atoms with Gasteiger partial charge >= 0.3 is 0 Å². The van der Waals surface area contributed by atoms with E-state index in [1.807, 2.05) is 35.8 Å². The number of nitrogen functional groups attached to an aromatic ring is 1. The van der Waals surface area contributed by atoms with Gasteiger partial charge < -0.3 is 11.1 Å². The van der Waals surface area contributed by atoms with E-state index in [0.29, 0.717) is 0 Å². The van der Waals surface area contributed by atoms with Gasteiger partial charge in [-0.15, -0.1) is 0 Å². The highest BCUT2D eigenvalue weighted by molar-refractivity contribution is 5.49. The molecule has 0 aliphatic heterocycles. The summed E-state index contributed by atoms with van der Waals surface area (Å²) in [6.07, 6.45) is 1.84. The molecule has 0 radical (unpaired) electrons. The number of hydrogen-bond donors (Lipinski definition) is 2. The molecule has 0 aliphatic carbocycles. The third-order valence-corrected chi connectivity index (χ3v) is 1.99. The molecule has 0 aromatic carbocycles. The van der Waals surface area contributed by atoms with Gasteiger partial charge in [0.25, 0.3) is 0 Å². The molecular formula is C9H12N4. The van der Waals surface area contributed by atoms with Gasteiger partial charge in [-0.3, -0.25) is 4.40 Å². The summed E-state index contributed by atoms with van der Waals surface area (Å²) in [5.41, 5.74) is 7.80. The van der Waals surface area contributed by atoms with Crippen molar-refractivity contribution < 1.29 is 0 Å². The van der Waals surface area contributed by atoms with Crippen LogP contribution in [0.2, 0.25) is 0 Å². The lowest BCUT2D eigenvalue weighted by molar-refractivity contribution is 0.784. The number of imidazole rings is 1. The Labute approximate surface area is 76.4 Å². The van der Waals surface area contributed by atoms with Gasteiger partial charge in [0.15, 0.2) is 0 Å². The van der Waals surface area contributed by atoms with Gasteiger partial charge in [0.1, 0.15) is 11.5 Å². The molecule has 0 spiro atoms. The highest BCUT2D eigenvalue weighted by Gasteiger charge is 2.03. The molecule has 0 saturated carbocycles. The van der Waals surface area contributed by atoms with E-state index in [1.165, 1.54) is 0 Å². The number of aromatic nitrogens is 2. The first kappa shape index (κ1) is 8.07. The SMILES string of the molecule is CNCc1cnc2cccc(N)n12. The van der Waals surface area contributed by atoms with Gasteiger partial charge in [-0.2, -0.15) is 0 Å². The quantitative estimate of drug-likeness (QED) is 0.706. The Hall–Kier alpha value is -1.55. The number of fused-ring (bicyclic) bond motifs is 1. The normalized spacial score (nSPS) is 10.8. The zero-order valence-electron chi connectivity index (χ0n) is 7.49. The largest absolute Gasteiger partial charge is 0.385 e. The van der Waals surface area contributed by atoms with Crippen LogP contribution in [0.3, 0.4) is 0 Å². The average molecular weight is 176 g/mol. The fourth-order valence-electron chi connectivity index (χ4n) is 1.43. The summed E-state index contributed by atoms with van der Waals surface area (Å²) in [7, 11) is 1.90. The van der Waals surface area contributed by atoms with Gasteiger partial charge in [0.2, 0.25) is 0 Å². The van der Waals surface area contributed by atoms with Crippen molar-refractivity contribution in [3.63, 3.8) is 0 Å². The fourth-order valence-corrected chi connectivity index (χ4v) is 1.43. The summed E-state index contributed by atoms with van der Waals surface area (Å²) >= 11 is 0. The van der Waals surface area contributed by atoms with Gasteiger partial charge in [-0.05, 0) is 19.2 Å². The van der Waals surface area contributed by atoms with Gasteiger partial charge in [0.05, 0.1) is 11.9 Å². The number of anilines is 1. The van der Waals surface area contributed by atoms with Crippen LogP contribution in [0.1, 0.15) is 5.69 Å². The summed E-state index contributed by atoms with van der Waals surface area (Å²) in [4.78, 5) is 4.24. The molecule has 0 unspecified atom stereocenters. The second-order valence-electron chi connectivity index (χ2n) is 2.92. The number of nitrogens with one attached hydrogen (secondary N) is 1. The number of nitrogens with two attached hydrogens (primary N) is 1. The lowest BCUT2D eigenvalue weighted by Crippen LogP contribution is -2.09. The van der Waals surface area contributed by atoms with Crippen molar-refractivity contribution in [2.45, 2.75) is 6.54 Å². The van der Waals surface area contributed by atoms with Crippen LogP contribution in [0.5, 0.6) is 0 Å². The predicted molar refractivity (Wildman–Crippen MR) is 52.4 cm³/mol. The molecule has 2 aromatic heterocycles. The first-order chi connectivity index (χ1) is 6.33. The number of rotatable bonds is 2. The van der Waals surface area contributed by atoms with Crippen molar-refractivity contribution >= 4 is 11.5 Å². The van der Waals surface area contributed by atoms with Crippen LogP contribution >= 0.6 is 0 Å². The molecule has 4 nitrogen and oxygen atoms in total. The van der Waals surface area contributed by atoms with Gasteiger partial charge in [-0.1, -0.05) is 6.07 Å². The average Bonchev–Trinajstić information content (AvgIpc) is 2.51. The lowest BCUT2D eigenvalue weighted by atomic mass is 10.4. The monoisotopic (exact) mass is 176 g/mol. The maximum absolute atomic E-state index is 5.83. The third kappa shape index (κ3) is 1.25. The van der Waals surface area contributed by atoms with Crippen molar-refractivity contribution in [1.29, 1.82) is 0 Å². The topological polar surface area (TPSA) is 55.3 Å². The van der Waals surface area contributed by atoms with Crippen molar-refractivity contribution in [1.82, 2.24) is 14.7 Å². The number of pyridine rings is 1. The molecule has 0 fully saturated rings. The highest BCUT2D eigenvalue weighted by Crippen LogP contribution is 2.11. The van der Waals surface area contributed by atoms with Crippen LogP contribution in [0.4, 0.5) is 5.82 Å². The summed E-state index contributed by atoms with van der Waals surface area (Å²) in [6.45, 7) is 0.773. The minimum Gasteiger partial charge on any atom is -0.385 e. The van der Waals surface area contributed by atoms with E-state index < -0.39 is 0 Å². The Morgan fingerprint density at radius 2 is 2.38 bits per heavy atom. The van der Waals surface area contributed by atoms with Gasteiger partial charge in [-0.25, -0.2) is 4.98 Å². The third-order valence-electron chi connectivity index (χ3n) is 1.99. The molecule has 0 saturated heterocycles. The first-order valence-corrected chi connectivity index (χ1v) is 4.18. The molecule has 68 valence electrons. The highest BCUT2D eigenvalue weighted by atomic mass is 15.1. The zero-order valence-corrected chi connectivity index (χ0v) is 7.49. The van der Waals surface area contributed by atoms with Crippen LogP contribution in [0, 0.1) is 0 Å². The molecule has 0 atom stereocenters. The van der Waals surface area contributed by atoms with Crippen molar-refractivity contribution in [2.24, 2.45) is 0 Å². The fraction of sp³-hybridized carbons (Fsp3) is 0.222. The minimum atomic E-state index is 0.722. The first-order valence-electron chi connectivity index (χ1n) is 4.18. The van der Waals surface area contributed by atoms with Crippen molar-refractivity contribution in [2.75, 3.05) is 12.8 Å². The Morgan fingerprint density at radius 1 is 1.54 bits per heavy atom. The molecule has 3 N–H and O–H groups in total. The van der Waals surface area contributed by atoms with E-state index >= 15 is 0 Å². The molecule has 0 amide bonds. The Balaban J connectivity index is 2.64.